The summed E-state index contributed by atoms with van der Waals surface area (Å²) < 4.78 is 0. The lowest BCUT2D eigenvalue weighted by atomic mass is 10.3. The van der Waals surface area contributed by atoms with Gasteiger partial charge in [0, 0.05) is 29.1 Å². The number of hydrogen-bond donors (Lipinski definition) is 2. The predicted octanol–water partition coefficient (Wildman–Crippen LogP) is 1.64. The standard InChI is InChI=1S/C10H13NO3S/c1-7(3-5-12)15-9-6-11-4-2-8(9)10(13)14/h2,4,6-7,12H,3,5H2,1H3,(H,13,14). The summed E-state index contributed by atoms with van der Waals surface area (Å²) in [6.07, 6.45) is 3.64. The quantitative estimate of drug-likeness (QED) is 0.748. The number of hydrogen-bond acceptors (Lipinski definition) is 4. The van der Waals surface area contributed by atoms with Gasteiger partial charge in [-0.3, -0.25) is 4.98 Å². The van der Waals surface area contributed by atoms with E-state index >= 15 is 0 Å². The summed E-state index contributed by atoms with van der Waals surface area (Å²) in [6, 6.07) is 1.48. The van der Waals surface area contributed by atoms with Crippen molar-refractivity contribution in [2.75, 3.05) is 6.61 Å². The van der Waals surface area contributed by atoms with Crippen molar-refractivity contribution in [2.45, 2.75) is 23.5 Å². The van der Waals surface area contributed by atoms with Crippen LogP contribution < -0.4 is 0 Å². The molecule has 0 aliphatic heterocycles. The lowest BCUT2D eigenvalue weighted by Crippen LogP contribution is -2.04. The number of aliphatic hydroxyl groups excluding tert-OH is 1. The molecule has 1 unspecified atom stereocenters. The summed E-state index contributed by atoms with van der Waals surface area (Å²) in [5.41, 5.74) is 0.264. The van der Waals surface area contributed by atoms with Crippen LogP contribution in [-0.4, -0.2) is 33.0 Å². The molecule has 1 heterocycles. The van der Waals surface area contributed by atoms with Gasteiger partial charge < -0.3 is 10.2 Å². The molecule has 0 saturated heterocycles. The largest absolute Gasteiger partial charge is 0.478 e. The van der Waals surface area contributed by atoms with Crippen LogP contribution in [0.2, 0.25) is 0 Å². The van der Waals surface area contributed by atoms with Gasteiger partial charge in [0.05, 0.1) is 5.56 Å². The van der Waals surface area contributed by atoms with Crippen LogP contribution in [0.5, 0.6) is 0 Å². The van der Waals surface area contributed by atoms with Crippen LogP contribution in [-0.2, 0) is 0 Å². The molecule has 0 saturated carbocycles. The molecule has 1 aromatic heterocycles. The zero-order valence-electron chi connectivity index (χ0n) is 8.38. The number of aromatic carboxylic acids is 1. The Hall–Kier alpha value is -1.07. The molecule has 1 atom stereocenters. The third-order valence-corrected chi connectivity index (χ3v) is 3.10. The number of carbonyl (C=O) groups is 1. The zero-order chi connectivity index (χ0) is 11.3. The Labute approximate surface area is 92.3 Å². The lowest BCUT2D eigenvalue weighted by molar-refractivity contribution is 0.0693. The fourth-order valence-electron chi connectivity index (χ4n) is 1.11. The fourth-order valence-corrected chi connectivity index (χ4v) is 2.17. The molecule has 0 aromatic carbocycles. The molecule has 1 aromatic rings. The zero-order valence-corrected chi connectivity index (χ0v) is 9.20. The summed E-state index contributed by atoms with van der Waals surface area (Å²) in [5.74, 6) is -0.948. The van der Waals surface area contributed by atoms with Crippen LogP contribution >= 0.6 is 11.8 Å². The van der Waals surface area contributed by atoms with Crippen molar-refractivity contribution >= 4 is 17.7 Å². The van der Waals surface area contributed by atoms with Gasteiger partial charge in [-0.25, -0.2) is 4.79 Å². The van der Waals surface area contributed by atoms with Gasteiger partial charge in [-0.2, -0.15) is 0 Å². The Bertz CT molecular complexity index is 343. The number of pyridine rings is 1. The molecule has 0 fully saturated rings. The smallest absolute Gasteiger partial charge is 0.336 e. The maximum absolute atomic E-state index is 10.9. The van der Waals surface area contributed by atoms with Crippen molar-refractivity contribution in [3.63, 3.8) is 0 Å². The number of carboxylic acid groups (broad SMARTS) is 1. The summed E-state index contributed by atoms with van der Waals surface area (Å²) in [6.45, 7) is 2.05. The second-order valence-electron chi connectivity index (χ2n) is 3.12. The van der Waals surface area contributed by atoms with Gasteiger partial charge in [-0.05, 0) is 12.5 Å². The van der Waals surface area contributed by atoms with Crippen molar-refractivity contribution in [3.8, 4) is 0 Å². The number of thioether (sulfide) groups is 1. The summed E-state index contributed by atoms with van der Waals surface area (Å²) in [5, 5.41) is 17.8. The van der Waals surface area contributed by atoms with E-state index in [1.807, 2.05) is 6.92 Å². The van der Waals surface area contributed by atoms with E-state index < -0.39 is 5.97 Å². The number of rotatable bonds is 5. The van der Waals surface area contributed by atoms with Crippen LogP contribution in [0.25, 0.3) is 0 Å². The number of aromatic nitrogens is 1. The molecule has 1 rings (SSSR count). The van der Waals surface area contributed by atoms with E-state index in [1.165, 1.54) is 24.0 Å². The average molecular weight is 227 g/mol. The summed E-state index contributed by atoms with van der Waals surface area (Å²) in [7, 11) is 0. The third-order valence-electron chi connectivity index (χ3n) is 1.88. The molecule has 82 valence electrons. The molecule has 0 aliphatic carbocycles. The van der Waals surface area contributed by atoms with E-state index in [9.17, 15) is 4.79 Å². The van der Waals surface area contributed by atoms with Crippen LogP contribution in [0.3, 0.4) is 0 Å². The lowest BCUT2D eigenvalue weighted by Gasteiger charge is -2.10. The van der Waals surface area contributed by atoms with Gasteiger partial charge in [0.15, 0.2) is 0 Å². The molecule has 15 heavy (non-hydrogen) atoms. The number of aliphatic hydroxyl groups is 1. The molecule has 0 amide bonds. The monoisotopic (exact) mass is 227 g/mol. The first-order valence-electron chi connectivity index (χ1n) is 4.60. The molecule has 4 nitrogen and oxygen atoms in total. The van der Waals surface area contributed by atoms with E-state index in [4.69, 9.17) is 10.2 Å². The van der Waals surface area contributed by atoms with E-state index in [2.05, 4.69) is 4.98 Å². The van der Waals surface area contributed by atoms with Crippen LogP contribution in [0.15, 0.2) is 23.4 Å². The predicted molar refractivity (Wildman–Crippen MR) is 58.2 cm³/mol. The second kappa shape index (κ2) is 5.72. The van der Waals surface area contributed by atoms with Crippen LogP contribution in [0.4, 0.5) is 0 Å². The Morgan fingerprint density at radius 1 is 1.67 bits per heavy atom. The third kappa shape index (κ3) is 3.53. The van der Waals surface area contributed by atoms with Gasteiger partial charge in [0.1, 0.15) is 0 Å². The van der Waals surface area contributed by atoms with E-state index in [1.54, 1.807) is 6.20 Å². The SMILES string of the molecule is CC(CCO)Sc1cnccc1C(=O)O. The maximum atomic E-state index is 10.9. The molecule has 0 bridgehead atoms. The van der Waals surface area contributed by atoms with Crippen LogP contribution in [0, 0.1) is 0 Å². The topological polar surface area (TPSA) is 70.4 Å². The van der Waals surface area contributed by atoms with E-state index in [0.717, 1.165) is 0 Å². The van der Waals surface area contributed by atoms with Gasteiger partial charge >= 0.3 is 5.97 Å². The first-order chi connectivity index (χ1) is 7.15. The first-order valence-corrected chi connectivity index (χ1v) is 5.48. The van der Waals surface area contributed by atoms with Crippen molar-refractivity contribution < 1.29 is 15.0 Å². The Morgan fingerprint density at radius 2 is 2.40 bits per heavy atom. The molecular weight excluding hydrogens is 214 g/mol. The molecule has 5 heteroatoms. The van der Waals surface area contributed by atoms with Crippen molar-refractivity contribution in [1.29, 1.82) is 0 Å². The average Bonchev–Trinajstić information content (AvgIpc) is 2.18. The summed E-state index contributed by atoms with van der Waals surface area (Å²) in [4.78, 5) is 15.4. The van der Waals surface area contributed by atoms with E-state index in [-0.39, 0.29) is 17.4 Å². The minimum atomic E-state index is -0.948. The molecule has 0 spiro atoms. The van der Waals surface area contributed by atoms with Crippen LogP contribution in [0.1, 0.15) is 23.7 Å². The highest BCUT2D eigenvalue weighted by molar-refractivity contribution is 8.00. The van der Waals surface area contributed by atoms with Gasteiger partial charge in [0.2, 0.25) is 0 Å². The Balaban J connectivity index is 2.79. The van der Waals surface area contributed by atoms with Gasteiger partial charge in [-0.1, -0.05) is 6.92 Å². The number of carboxylic acids is 1. The highest BCUT2D eigenvalue weighted by Crippen LogP contribution is 2.27. The first kappa shape index (κ1) is 12.0. The summed E-state index contributed by atoms with van der Waals surface area (Å²) >= 11 is 1.42. The number of nitrogens with zero attached hydrogens (tertiary/aromatic N) is 1. The normalized spacial score (nSPS) is 12.4. The molecule has 0 radical (unpaired) electrons. The molecule has 0 aliphatic rings. The van der Waals surface area contributed by atoms with Crippen molar-refractivity contribution in [1.82, 2.24) is 4.98 Å². The van der Waals surface area contributed by atoms with E-state index in [0.29, 0.717) is 11.3 Å². The van der Waals surface area contributed by atoms with Crippen molar-refractivity contribution in [2.24, 2.45) is 0 Å². The highest BCUT2D eigenvalue weighted by atomic mass is 32.2. The minimum Gasteiger partial charge on any atom is -0.478 e. The van der Waals surface area contributed by atoms with Gasteiger partial charge in [0.25, 0.3) is 0 Å². The Morgan fingerprint density at radius 3 is 3.00 bits per heavy atom. The molecular formula is C10H13NO3S. The molecule has 2 N–H and O–H groups in total. The maximum Gasteiger partial charge on any atom is 0.336 e. The van der Waals surface area contributed by atoms with Crippen molar-refractivity contribution in [3.05, 3.63) is 24.0 Å². The minimum absolute atomic E-state index is 0.108. The fraction of sp³-hybridized carbons (Fsp3) is 0.400. The van der Waals surface area contributed by atoms with Gasteiger partial charge in [-0.15, -0.1) is 11.8 Å². The second-order valence-corrected chi connectivity index (χ2v) is 4.60. The highest BCUT2D eigenvalue weighted by Gasteiger charge is 2.12. The Kier molecular flexibility index (Phi) is 4.58.